The Balaban J connectivity index is 1.58. The number of hydrogen-bond donors (Lipinski definition) is 0. The Labute approximate surface area is 179 Å². The Morgan fingerprint density at radius 3 is 2.97 bits per heavy atom. The zero-order valence-electron chi connectivity index (χ0n) is 17.0. The first kappa shape index (κ1) is 20.8. The Kier molecular flexibility index (Phi) is 6.99. The lowest BCUT2D eigenvalue weighted by molar-refractivity contribution is -0.0330. The van der Waals surface area contributed by atoms with E-state index in [4.69, 9.17) is 9.47 Å². The average Bonchev–Trinajstić information content (AvgIpc) is 3.17. The van der Waals surface area contributed by atoms with Gasteiger partial charge in [-0.05, 0) is 43.9 Å². The van der Waals surface area contributed by atoms with Crippen LogP contribution in [-0.2, 0) is 16.0 Å². The van der Waals surface area contributed by atoms with Gasteiger partial charge < -0.3 is 14.0 Å². The number of rotatable bonds is 7. The van der Waals surface area contributed by atoms with Crippen molar-refractivity contribution in [3.8, 4) is 11.4 Å². The summed E-state index contributed by atoms with van der Waals surface area (Å²) in [5, 5.41) is 2.00. The Hall–Kier alpha value is -2.42. The molecule has 1 aromatic carbocycles. The molecular weight excluding hydrogens is 403 g/mol. The van der Waals surface area contributed by atoms with Gasteiger partial charge >= 0.3 is 0 Å². The van der Waals surface area contributed by atoms with Gasteiger partial charge in [-0.2, -0.15) is 0 Å². The van der Waals surface area contributed by atoms with Crippen molar-refractivity contribution in [2.24, 2.45) is 4.99 Å². The van der Waals surface area contributed by atoms with E-state index < -0.39 is 0 Å². The molecule has 1 saturated heterocycles. The molecule has 1 aliphatic rings. The van der Waals surface area contributed by atoms with E-state index in [1.54, 1.807) is 30.7 Å². The molecule has 0 bridgehead atoms. The number of aryl methyl sites for hydroxylation is 1. The summed E-state index contributed by atoms with van der Waals surface area (Å²) in [7, 11) is 0. The summed E-state index contributed by atoms with van der Waals surface area (Å²) in [5.41, 5.74) is 3.00. The second-order valence-electron chi connectivity index (χ2n) is 7.25. The quantitative estimate of drug-likeness (QED) is 0.527. The molecule has 0 spiro atoms. The van der Waals surface area contributed by atoms with Crippen molar-refractivity contribution in [2.75, 3.05) is 19.8 Å². The van der Waals surface area contributed by atoms with Crippen molar-refractivity contribution in [2.45, 2.75) is 38.8 Å². The molecule has 0 atom stereocenters. The van der Waals surface area contributed by atoms with Gasteiger partial charge in [0, 0.05) is 44.1 Å². The van der Waals surface area contributed by atoms with E-state index >= 15 is 0 Å². The molecule has 0 amide bonds. The monoisotopic (exact) mass is 428 g/mol. The van der Waals surface area contributed by atoms with E-state index in [0.29, 0.717) is 18.8 Å². The van der Waals surface area contributed by atoms with Crippen LogP contribution in [0.3, 0.4) is 0 Å². The molecule has 0 aliphatic carbocycles. The van der Waals surface area contributed by atoms with Crippen LogP contribution >= 0.6 is 11.3 Å². The van der Waals surface area contributed by atoms with Crippen molar-refractivity contribution in [3.63, 3.8) is 0 Å². The third-order valence-corrected chi connectivity index (χ3v) is 5.85. The molecule has 2 aromatic heterocycles. The Bertz CT molecular complexity index is 1030. The fourth-order valence-electron chi connectivity index (χ4n) is 3.40. The van der Waals surface area contributed by atoms with Crippen molar-refractivity contribution >= 4 is 17.0 Å². The van der Waals surface area contributed by atoms with Crippen molar-refractivity contribution < 1.29 is 13.9 Å². The molecule has 1 fully saturated rings. The second-order valence-corrected chi connectivity index (χ2v) is 8.09. The van der Waals surface area contributed by atoms with E-state index in [2.05, 4.69) is 19.5 Å². The fraction of sp³-hybridized carbons (Fsp3) is 0.409. The van der Waals surface area contributed by atoms with Crippen LogP contribution in [0.2, 0.25) is 0 Å². The molecule has 30 heavy (non-hydrogen) atoms. The Morgan fingerprint density at radius 2 is 2.17 bits per heavy atom. The highest BCUT2D eigenvalue weighted by atomic mass is 32.1. The van der Waals surface area contributed by atoms with Gasteiger partial charge in [0.15, 0.2) is 4.80 Å². The molecule has 0 unspecified atom stereocenters. The summed E-state index contributed by atoms with van der Waals surface area (Å²) in [6.07, 6.45) is 8.04. The van der Waals surface area contributed by atoms with Crippen LogP contribution in [0.15, 0.2) is 47.2 Å². The molecule has 4 rings (SSSR count). The highest BCUT2D eigenvalue weighted by Crippen LogP contribution is 2.21. The topological polar surface area (TPSA) is 61.5 Å². The number of hydrogen-bond acceptors (Lipinski definition) is 6. The van der Waals surface area contributed by atoms with E-state index in [-0.39, 0.29) is 11.9 Å². The minimum absolute atomic E-state index is 0.274. The molecule has 3 heterocycles. The first-order chi connectivity index (χ1) is 14.7. The summed E-state index contributed by atoms with van der Waals surface area (Å²) in [5.74, 6) is -0.329. The van der Waals surface area contributed by atoms with Crippen LogP contribution in [-0.4, -0.2) is 40.5 Å². The van der Waals surface area contributed by atoms with Gasteiger partial charge in [0.05, 0.1) is 18.0 Å². The normalized spacial score (nSPS) is 15.6. The van der Waals surface area contributed by atoms with E-state index in [9.17, 15) is 4.39 Å². The minimum Gasteiger partial charge on any atom is -0.381 e. The zero-order valence-corrected chi connectivity index (χ0v) is 17.8. The van der Waals surface area contributed by atoms with Gasteiger partial charge in [0.2, 0.25) is 0 Å². The molecular formula is C22H25FN4O2S. The molecule has 0 N–H and O–H groups in total. The maximum Gasteiger partial charge on any atom is 0.190 e. The van der Waals surface area contributed by atoms with Crippen LogP contribution in [0, 0.1) is 12.7 Å². The van der Waals surface area contributed by atoms with Crippen LogP contribution in [0.4, 0.5) is 10.1 Å². The number of halogens is 1. The number of benzene rings is 1. The third kappa shape index (κ3) is 5.19. The first-order valence-electron chi connectivity index (χ1n) is 10.2. The lowest BCUT2D eigenvalue weighted by atomic mass is 10.1. The van der Waals surface area contributed by atoms with Crippen LogP contribution in [0.5, 0.6) is 0 Å². The predicted molar refractivity (Wildman–Crippen MR) is 114 cm³/mol. The average molecular weight is 429 g/mol. The fourth-order valence-corrected chi connectivity index (χ4v) is 4.33. The van der Waals surface area contributed by atoms with Gasteiger partial charge in [-0.15, -0.1) is 11.3 Å². The second kappa shape index (κ2) is 10.1. The van der Waals surface area contributed by atoms with Crippen molar-refractivity contribution in [3.05, 3.63) is 58.4 Å². The highest BCUT2D eigenvalue weighted by Gasteiger charge is 2.14. The summed E-state index contributed by atoms with van der Waals surface area (Å²) < 4.78 is 27.7. The summed E-state index contributed by atoms with van der Waals surface area (Å²) >= 11 is 1.47. The van der Waals surface area contributed by atoms with Gasteiger partial charge in [-0.3, -0.25) is 9.97 Å². The molecule has 0 radical (unpaired) electrons. The van der Waals surface area contributed by atoms with E-state index in [0.717, 1.165) is 54.2 Å². The lowest BCUT2D eigenvalue weighted by Gasteiger charge is -2.22. The van der Waals surface area contributed by atoms with Crippen LogP contribution < -0.4 is 4.80 Å². The predicted octanol–water partition coefficient (Wildman–Crippen LogP) is 4.27. The van der Waals surface area contributed by atoms with Crippen molar-refractivity contribution in [1.29, 1.82) is 0 Å². The van der Waals surface area contributed by atoms with E-state index in [1.165, 1.54) is 17.4 Å². The lowest BCUT2D eigenvalue weighted by Crippen LogP contribution is -2.24. The summed E-state index contributed by atoms with van der Waals surface area (Å²) in [4.78, 5) is 14.0. The Morgan fingerprint density at radius 1 is 1.30 bits per heavy atom. The minimum atomic E-state index is -0.329. The maximum absolute atomic E-state index is 14.3. The summed E-state index contributed by atoms with van der Waals surface area (Å²) in [6.45, 7) is 4.83. The number of aromatic nitrogens is 3. The number of ether oxygens (including phenoxy) is 2. The molecule has 3 aromatic rings. The SMILES string of the molecule is Cc1ccc(F)c(N=c2scc(-c3cnccn3)n2CCCOC2CCOCC2)c1. The third-order valence-electron chi connectivity index (χ3n) is 4.99. The standard InChI is InChI=1S/C22H25FN4O2S/c1-16-3-4-18(23)19(13-16)26-22-27(9-2-10-29-17-5-11-28-12-6-17)21(15-30-22)20-14-24-7-8-25-20/h3-4,7-8,13-15,17H,2,5-6,9-12H2,1H3. The molecule has 158 valence electrons. The highest BCUT2D eigenvalue weighted by molar-refractivity contribution is 7.07. The number of thiazole rings is 1. The van der Waals surface area contributed by atoms with Gasteiger partial charge in [-0.1, -0.05) is 6.07 Å². The summed E-state index contributed by atoms with van der Waals surface area (Å²) in [6, 6.07) is 4.96. The zero-order chi connectivity index (χ0) is 20.8. The van der Waals surface area contributed by atoms with Crippen molar-refractivity contribution in [1.82, 2.24) is 14.5 Å². The van der Waals surface area contributed by atoms with Crippen LogP contribution in [0.25, 0.3) is 11.4 Å². The maximum atomic E-state index is 14.3. The van der Waals surface area contributed by atoms with E-state index in [1.807, 2.05) is 12.3 Å². The molecule has 8 heteroatoms. The molecule has 1 aliphatic heterocycles. The smallest absolute Gasteiger partial charge is 0.190 e. The largest absolute Gasteiger partial charge is 0.381 e. The molecule has 0 saturated carbocycles. The van der Waals surface area contributed by atoms with Crippen LogP contribution in [0.1, 0.15) is 24.8 Å². The first-order valence-corrected chi connectivity index (χ1v) is 11.0. The van der Waals surface area contributed by atoms with Gasteiger partial charge in [0.1, 0.15) is 17.2 Å². The number of nitrogens with zero attached hydrogens (tertiary/aromatic N) is 4. The van der Waals surface area contributed by atoms with Gasteiger partial charge in [0.25, 0.3) is 0 Å². The molecule has 6 nitrogen and oxygen atoms in total. The van der Waals surface area contributed by atoms with Gasteiger partial charge in [-0.25, -0.2) is 9.38 Å².